The van der Waals surface area contributed by atoms with Crippen molar-refractivity contribution in [3.8, 4) is 0 Å². The molecule has 1 saturated heterocycles. The lowest BCUT2D eigenvalue weighted by Crippen LogP contribution is -2.46. The molecule has 1 aliphatic heterocycles. The van der Waals surface area contributed by atoms with Crippen molar-refractivity contribution in [2.75, 3.05) is 18.4 Å². The van der Waals surface area contributed by atoms with Crippen molar-refractivity contribution in [1.29, 1.82) is 0 Å². The van der Waals surface area contributed by atoms with E-state index in [9.17, 15) is 9.59 Å². The van der Waals surface area contributed by atoms with Gasteiger partial charge in [-0.05, 0) is 51.3 Å². The van der Waals surface area contributed by atoms with Gasteiger partial charge in [-0.15, -0.1) is 11.3 Å². The minimum Gasteiger partial charge on any atom is -0.358 e. The summed E-state index contributed by atoms with van der Waals surface area (Å²) in [5.74, 6) is 0.754. The maximum Gasteiger partial charge on any atom is 0.326 e. The largest absolute Gasteiger partial charge is 0.358 e. The molecular weight excluding hydrogens is 424 g/mol. The van der Waals surface area contributed by atoms with Gasteiger partial charge in [0.15, 0.2) is 0 Å². The van der Waals surface area contributed by atoms with Gasteiger partial charge in [-0.25, -0.2) is 14.8 Å². The van der Waals surface area contributed by atoms with Crippen LogP contribution in [0.15, 0.2) is 35.4 Å². The van der Waals surface area contributed by atoms with Crippen molar-refractivity contribution in [2.24, 2.45) is 0 Å². The molecule has 0 saturated carbocycles. The monoisotopic (exact) mass is 450 g/mol. The van der Waals surface area contributed by atoms with Crippen LogP contribution in [-0.2, 0) is 4.79 Å². The Labute approximate surface area is 189 Å². The Hall–Kier alpha value is -3.20. The summed E-state index contributed by atoms with van der Waals surface area (Å²) < 4.78 is 1.85. The van der Waals surface area contributed by atoms with Gasteiger partial charge >= 0.3 is 5.69 Å². The number of imidazole rings is 1. The summed E-state index contributed by atoms with van der Waals surface area (Å²) in [4.78, 5) is 41.4. The van der Waals surface area contributed by atoms with E-state index in [0.717, 1.165) is 39.7 Å². The van der Waals surface area contributed by atoms with Crippen LogP contribution in [0.4, 0.5) is 5.82 Å². The molecule has 9 heteroatoms. The molecule has 4 heterocycles. The minimum absolute atomic E-state index is 0.0473. The number of hydrogen-bond donors (Lipinski definition) is 2. The van der Waals surface area contributed by atoms with Gasteiger partial charge in [0.25, 0.3) is 0 Å². The first-order valence-electron chi connectivity index (χ1n) is 10.9. The summed E-state index contributed by atoms with van der Waals surface area (Å²) in [5.41, 5.74) is 2.84. The fourth-order valence-electron chi connectivity index (χ4n) is 4.61. The molecule has 4 aromatic rings. The second-order valence-corrected chi connectivity index (χ2v) is 9.63. The number of aryl methyl sites for hydroxylation is 2. The number of rotatable bonds is 4. The number of thiophene rings is 1. The van der Waals surface area contributed by atoms with Crippen LogP contribution in [0.2, 0.25) is 0 Å². The Bertz CT molecular complexity index is 1360. The lowest BCUT2D eigenvalue weighted by Gasteiger charge is -2.34. The number of amides is 1. The lowest BCUT2D eigenvalue weighted by molar-refractivity contribution is -0.132. The summed E-state index contributed by atoms with van der Waals surface area (Å²) in [7, 11) is 0. The number of piperidine rings is 1. The standard InChI is InChI=1S/C23H26N6O2S/c1-13-15(3)32-21-19(13)20(24-12-25-21)26-14(2)22(30)28-10-8-16(9-11-28)29-18-7-5-4-6-17(18)27-23(29)31/h4-7,12,14,16H,8-11H2,1-3H3,(H,27,31)(H,24,25,26)/t14-/m1/s1. The first-order valence-corrected chi connectivity index (χ1v) is 11.7. The third-order valence-electron chi connectivity index (χ3n) is 6.45. The van der Waals surface area contributed by atoms with Crippen LogP contribution in [0, 0.1) is 13.8 Å². The Morgan fingerprint density at radius 2 is 1.97 bits per heavy atom. The molecule has 3 aromatic heterocycles. The van der Waals surface area contributed by atoms with Gasteiger partial charge in [0.1, 0.15) is 23.0 Å². The zero-order valence-corrected chi connectivity index (χ0v) is 19.2. The van der Waals surface area contributed by atoms with Gasteiger partial charge in [-0.1, -0.05) is 12.1 Å². The molecule has 166 valence electrons. The van der Waals surface area contributed by atoms with Gasteiger partial charge < -0.3 is 15.2 Å². The van der Waals surface area contributed by atoms with Crippen LogP contribution in [0.5, 0.6) is 0 Å². The van der Waals surface area contributed by atoms with Crippen LogP contribution in [0.1, 0.15) is 36.2 Å². The van der Waals surface area contributed by atoms with E-state index in [0.29, 0.717) is 18.9 Å². The smallest absolute Gasteiger partial charge is 0.326 e. The maximum atomic E-state index is 13.1. The van der Waals surface area contributed by atoms with Gasteiger partial charge in [0.2, 0.25) is 5.91 Å². The third-order valence-corrected chi connectivity index (χ3v) is 7.57. The van der Waals surface area contributed by atoms with Crippen molar-refractivity contribution in [2.45, 2.75) is 45.7 Å². The highest BCUT2D eigenvalue weighted by atomic mass is 32.1. The molecule has 32 heavy (non-hydrogen) atoms. The first-order chi connectivity index (χ1) is 15.4. The fraction of sp³-hybridized carbons (Fsp3) is 0.391. The number of hydrogen-bond acceptors (Lipinski definition) is 6. The van der Waals surface area contributed by atoms with Crippen molar-refractivity contribution >= 4 is 44.3 Å². The number of fused-ring (bicyclic) bond motifs is 2. The van der Waals surface area contributed by atoms with Gasteiger partial charge in [-0.2, -0.15) is 0 Å². The van der Waals surface area contributed by atoms with E-state index in [2.05, 4.69) is 34.1 Å². The Balaban J connectivity index is 1.28. The number of carbonyl (C=O) groups excluding carboxylic acids is 1. The predicted octanol–water partition coefficient (Wildman–Crippen LogP) is 3.62. The summed E-state index contributed by atoms with van der Waals surface area (Å²) in [6.45, 7) is 7.26. The predicted molar refractivity (Wildman–Crippen MR) is 127 cm³/mol. The fourth-order valence-corrected chi connectivity index (χ4v) is 5.61. The molecule has 1 aromatic carbocycles. The van der Waals surface area contributed by atoms with E-state index in [4.69, 9.17) is 0 Å². The number of anilines is 1. The van der Waals surface area contributed by atoms with Gasteiger partial charge in [0, 0.05) is 24.0 Å². The molecule has 1 atom stereocenters. The third kappa shape index (κ3) is 3.46. The van der Waals surface area contributed by atoms with Crippen LogP contribution in [0.25, 0.3) is 21.3 Å². The van der Waals surface area contributed by atoms with E-state index < -0.39 is 6.04 Å². The topological polar surface area (TPSA) is 95.9 Å². The van der Waals surface area contributed by atoms with Crippen LogP contribution < -0.4 is 11.0 Å². The number of likely N-dealkylation sites (tertiary alicyclic amines) is 1. The zero-order chi connectivity index (χ0) is 22.4. The maximum absolute atomic E-state index is 13.1. The van der Waals surface area contributed by atoms with Gasteiger partial charge in [-0.3, -0.25) is 9.36 Å². The molecular formula is C23H26N6O2S. The number of carbonyl (C=O) groups is 1. The highest BCUT2D eigenvalue weighted by Crippen LogP contribution is 2.33. The minimum atomic E-state index is -0.403. The van der Waals surface area contributed by atoms with Crippen molar-refractivity contribution in [1.82, 2.24) is 24.4 Å². The quantitative estimate of drug-likeness (QED) is 0.495. The number of nitrogens with one attached hydrogen (secondary N) is 2. The summed E-state index contributed by atoms with van der Waals surface area (Å²) in [5, 5.41) is 4.30. The van der Waals surface area contributed by atoms with Crippen molar-refractivity contribution in [3.63, 3.8) is 0 Å². The van der Waals surface area contributed by atoms with Crippen LogP contribution >= 0.6 is 11.3 Å². The molecule has 2 N–H and O–H groups in total. The number of H-pyrrole nitrogens is 1. The average Bonchev–Trinajstić information content (AvgIpc) is 3.29. The molecule has 8 nitrogen and oxygen atoms in total. The highest BCUT2D eigenvalue weighted by Gasteiger charge is 2.29. The Morgan fingerprint density at radius 1 is 1.22 bits per heavy atom. The number of benzene rings is 1. The Morgan fingerprint density at radius 3 is 2.75 bits per heavy atom. The molecule has 0 aliphatic carbocycles. The van der Waals surface area contributed by atoms with E-state index in [1.807, 2.05) is 40.7 Å². The molecule has 1 fully saturated rings. The van der Waals surface area contributed by atoms with Crippen LogP contribution in [0.3, 0.4) is 0 Å². The number of para-hydroxylation sites is 2. The van der Waals surface area contributed by atoms with E-state index in [-0.39, 0.29) is 17.6 Å². The SMILES string of the molecule is Cc1sc2ncnc(N[C@H](C)C(=O)N3CCC(n4c(=O)[nH]c5ccccc54)CC3)c2c1C. The summed E-state index contributed by atoms with van der Waals surface area (Å²) in [6, 6.07) is 7.43. The normalized spacial score (nSPS) is 16.0. The average molecular weight is 451 g/mol. The van der Waals surface area contributed by atoms with Crippen molar-refractivity contribution < 1.29 is 4.79 Å². The molecule has 1 amide bonds. The molecule has 1 aliphatic rings. The zero-order valence-electron chi connectivity index (χ0n) is 18.4. The van der Waals surface area contributed by atoms with E-state index in [1.54, 1.807) is 17.7 Å². The van der Waals surface area contributed by atoms with E-state index in [1.165, 1.54) is 4.88 Å². The summed E-state index contributed by atoms with van der Waals surface area (Å²) >= 11 is 1.64. The molecule has 0 radical (unpaired) electrons. The second-order valence-electron chi connectivity index (χ2n) is 8.43. The van der Waals surface area contributed by atoms with Crippen molar-refractivity contribution in [3.05, 3.63) is 51.5 Å². The first kappa shape index (κ1) is 20.7. The molecule has 5 rings (SSSR count). The van der Waals surface area contributed by atoms with Gasteiger partial charge in [0.05, 0.1) is 16.4 Å². The number of aromatic nitrogens is 4. The molecule has 0 bridgehead atoms. The molecule has 0 unspecified atom stereocenters. The second kappa shape index (κ2) is 8.05. The van der Waals surface area contributed by atoms with E-state index >= 15 is 0 Å². The number of aromatic amines is 1. The van der Waals surface area contributed by atoms with Crippen LogP contribution in [-0.4, -0.2) is 49.5 Å². The molecule has 0 spiro atoms. The number of nitrogens with zero attached hydrogens (tertiary/aromatic N) is 4. The summed E-state index contributed by atoms with van der Waals surface area (Å²) in [6.07, 6.45) is 3.04. The lowest BCUT2D eigenvalue weighted by atomic mass is 10.0. The Kier molecular flexibility index (Phi) is 5.21. The highest BCUT2D eigenvalue weighted by molar-refractivity contribution is 7.18.